The third-order valence-corrected chi connectivity index (χ3v) is 10.6. The van der Waals surface area contributed by atoms with Gasteiger partial charge in [-0.2, -0.15) is 0 Å². The van der Waals surface area contributed by atoms with Gasteiger partial charge in [0.1, 0.15) is 11.9 Å². The van der Waals surface area contributed by atoms with Crippen molar-refractivity contribution in [1.82, 2.24) is 4.90 Å². The summed E-state index contributed by atoms with van der Waals surface area (Å²) in [4.78, 5) is 27.6. The molecule has 0 spiro atoms. The van der Waals surface area contributed by atoms with Crippen molar-refractivity contribution in [1.29, 1.82) is 0 Å². The summed E-state index contributed by atoms with van der Waals surface area (Å²) in [6.45, 7) is 6.20. The fraction of sp³-hybridized carbons (Fsp3) is 0.500. The van der Waals surface area contributed by atoms with E-state index in [9.17, 15) is 27.5 Å². The molecule has 2 aromatic rings. The van der Waals surface area contributed by atoms with Crippen LogP contribution in [0.3, 0.4) is 0 Å². The molecule has 0 aromatic heterocycles. The summed E-state index contributed by atoms with van der Waals surface area (Å²) in [5, 5.41) is 9.98. The molecule has 39 heavy (non-hydrogen) atoms. The van der Waals surface area contributed by atoms with Gasteiger partial charge in [-0.15, -0.1) is 0 Å². The van der Waals surface area contributed by atoms with Crippen LogP contribution in [0.1, 0.15) is 70.2 Å². The van der Waals surface area contributed by atoms with Crippen molar-refractivity contribution in [3.63, 3.8) is 0 Å². The van der Waals surface area contributed by atoms with Crippen LogP contribution in [0, 0.1) is 11.7 Å². The maximum absolute atomic E-state index is 14.8. The molecule has 4 atom stereocenters. The Morgan fingerprint density at radius 1 is 1.18 bits per heavy atom. The zero-order valence-electron chi connectivity index (χ0n) is 22.2. The molecule has 1 aliphatic heterocycles. The number of sulfone groups is 1. The van der Waals surface area contributed by atoms with E-state index in [1.165, 1.54) is 24.0 Å². The highest BCUT2D eigenvalue weighted by Crippen LogP contribution is 2.51. The number of carbonyl (C=O) groups is 2. The summed E-state index contributed by atoms with van der Waals surface area (Å²) in [6.07, 6.45) is -0.225. The minimum absolute atomic E-state index is 0.113. The number of ether oxygens (including phenoxy) is 1. The number of rotatable bonds is 8. The van der Waals surface area contributed by atoms with Crippen LogP contribution < -0.4 is 0 Å². The lowest BCUT2D eigenvalue weighted by atomic mass is 9.85. The van der Waals surface area contributed by atoms with E-state index in [0.29, 0.717) is 29.0 Å². The first-order valence-electron chi connectivity index (χ1n) is 12.7. The van der Waals surface area contributed by atoms with E-state index in [4.69, 9.17) is 27.9 Å². The van der Waals surface area contributed by atoms with E-state index >= 15 is 0 Å². The van der Waals surface area contributed by atoms with Crippen LogP contribution in [-0.4, -0.2) is 52.4 Å². The Morgan fingerprint density at radius 2 is 1.85 bits per heavy atom. The monoisotopic (exact) mass is 599 g/mol. The van der Waals surface area contributed by atoms with Gasteiger partial charge in [-0.05, 0) is 81.8 Å². The average molecular weight is 601 g/mol. The predicted molar refractivity (Wildman–Crippen MR) is 147 cm³/mol. The smallest absolute Gasteiger partial charge is 0.306 e. The lowest BCUT2D eigenvalue weighted by Crippen LogP contribution is -2.62. The molecule has 2 fully saturated rings. The molecule has 1 saturated carbocycles. The molecule has 1 aliphatic carbocycles. The fourth-order valence-corrected chi connectivity index (χ4v) is 6.77. The molecule has 0 bridgehead atoms. The van der Waals surface area contributed by atoms with Crippen LogP contribution in [0.25, 0.3) is 0 Å². The Morgan fingerprint density at radius 3 is 2.38 bits per heavy atom. The molecule has 2 aromatic carbocycles. The van der Waals surface area contributed by atoms with Gasteiger partial charge in [-0.25, -0.2) is 12.8 Å². The van der Waals surface area contributed by atoms with Gasteiger partial charge in [0.2, 0.25) is 0 Å². The van der Waals surface area contributed by atoms with Crippen LogP contribution in [-0.2, 0) is 24.2 Å². The number of nitrogens with zero attached hydrogens (tertiary/aromatic N) is 1. The molecule has 7 nitrogen and oxygen atoms in total. The number of halogens is 3. The topological polar surface area (TPSA) is 101 Å². The SMILES string of the molecule is CC(C)(C)S(=O)(=O)C[C@H](C1CC1)N1C(=O)[C@](C)(CC(=O)O)O[C@H](c2cccc(Cl)c2)[C@H]1c1ccc(Cl)c(F)c1. The third-order valence-electron chi connectivity index (χ3n) is 7.46. The minimum atomic E-state index is -3.71. The van der Waals surface area contributed by atoms with Crippen LogP contribution in [0.2, 0.25) is 10.0 Å². The van der Waals surface area contributed by atoms with E-state index in [-0.39, 0.29) is 16.7 Å². The number of morpholine rings is 1. The highest BCUT2D eigenvalue weighted by atomic mass is 35.5. The maximum Gasteiger partial charge on any atom is 0.306 e. The predicted octanol–water partition coefficient (Wildman–Crippen LogP) is 6.00. The second-order valence-corrected chi connectivity index (χ2v) is 15.2. The minimum Gasteiger partial charge on any atom is -0.481 e. The van der Waals surface area contributed by atoms with E-state index in [0.717, 1.165) is 0 Å². The molecule has 1 heterocycles. The van der Waals surface area contributed by atoms with Crippen molar-refractivity contribution in [3.8, 4) is 0 Å². The van der Waals surface area contributed by atoms with Gasteiger partial charge in [-0.1, -0.05) is 41.4 Å². The highest BCUT2D eigenvalue weighted by Gasteiger charge is 2.56. The number of benzene rings is 2. The second kappa shape index (κ2) is 10.7. The van der Waals surface area contributed by atoms with Gasteiger partial charge in [-0.3, -0.25) is 9.59 Å². The van der Waals surface area contributed by atoms with E-state index in [2.05, 4.69) is 0 Å². The molecule has 1 amide bonds. The van der Waals surface area contributed by atoms with E-state index < -0.39 is 62.5 Å². The molecule has 1 saturated heterocycles. The Labute approximate surface area is 238 Å². The third kappa shape index (κ3) is 6.11. The molecule has 212 valence electrons. The molecule has 1 N–H and O–H groups in total. The van der Waals surface area contributed by atoms with Gasteiger partial charge < -0.3 is 14.7 Å². The Kier molecular flexibility index (Phi) is 8.13. The lowest BCUT2D eigenvalue weighted by molar-refractivity contribution is -0.206. The second-order valence-electron chi connectivity index (χ2n) is 11.5. The quantitative estimate of drug-likeness (QED) is 0.399. The molecule has 0 radical (unpaired) electrons. The fourth-order valence-electron chi connectivity index (χ4n) is 5.07. The first-order valence-corrected chi connectivity index (χ1v) is 15.1. The van der Waals surface area contributed by atoms with Gasteiger partial charge in [0.25, 0.3) is 5.91 Å². The lowest BCUT2D eigenvalue weighted by Gasteiger charge is -2.52. The van der Waals surface area contributed by atoms with E-state index in [1.807, 2.05) is 0 Å². The van der Waals surface area contributed by atoms with Crippen molar-refractivity contribution in [3.05, 3.63) is 69.5 Å². The van der Waals surface area contributed by atoms with Crippen LogP contribution in [0.5, 0.6) is 0 Å². The summed E-state index contributed by atoms with van der Waals surface area (Å²) in [5.74, 6) is -3.08. The highest BCUT2D eigenvalue weighted by molar-refractivity contribution is 7.92. The van der Waals surface area contributed by atoms with Crippen LogP contribution >= 0.6 is 23.2 Å². The summed E-state index contributed by atoms with van der Waals surface area (Å²) in [5.41, 5.74) is -0.949. The molecule has 2 aliphatic rings. The maximum atomic E-state index is 14.8. The number of hydrogen-bond donors (Lipinski definition) is 1. The van der Waals surface area contributed by atoms with Gasteiger partial charge >= 0.3 is 5.97 Å². The van der Waals surface area contributed by atoms with Gasteiger partial charge in [0, 0.05) is 11.1 Å². The Bertz CT molecular complexity index is 1390. The van der Waals surface area contributed by atoms with Crippen molar-refractivity contribution in [2.24, 2.45) is 5.92 Å². The number of carboxylic acids is 1. The molecule has 4 rings (SSSR count). The van der Waals surface area contributed by atoms with Gasteiger partial charge in [0.05, 0.1) is 28.0 Å². The summed E-state index contributed by atoms with van der Waals surface area (Å²) in [7, 11) is -3.71. The number of hydrogen-bond acceptors (Lipinski definition) is 5. The molecule has 11 heteroatoms. The Balaban J connectivity index is 1.97. The summed E-state index contributed by atoms with van der Waals surface area (Å²) in [6, 6.07) is 9.09. The number of carbonyl (C=O) groups excluding carboxylic acids is 1. The van der Waals surface area contributed by atoms with E-state index in [1.54, 1.807) is 51.1 Å². The zero-order chi connectivity index (χ0) is 28.9. The Hall–Kier alpha value is -2.20. The van der Waals surface area contributed by atoms with Crippen molar-refractivity contribution in [2.45, 2.75) is 75.5 Å². The largest absolute Gasteiger partial charge is 0.481 e. The molecular weight excluding hydrogens is 568 g/mol. The summed E-state index contributed by atoms with van der Waals surface area (Å²) >= 11 is 12.3. The molecular formula is C28H32Cl2FNO6S. The first-order chi connectivity index (χ1) is 18.0. The number of amides is 1. The van der Waals surface area contributed by atoms with Crippen LogP contribution in [0.15, 0.2) is 42.5 Å². The average Bonchev–Trinajstić information content (AvgIpc) is 3.65. The number of carboxylic acid groups (broad SMARTS) is 1. The molecule has 0 unspecified atom stereocenters. The van der Waals surface area contributed by atoms with Gasteiger partial charge in [0.15, 0.2) is 15.4 Å². The standard InChI is InChI=1S/C28H32Cl2FNO6S/c1-27(2,3)39(36,37)15-22(16-8-9-16)32-24(17-10-11-20(30)21(31)13-17)25(18-6-5-7-19(29)12-18)38-28(4,26(32)35)14-23(33)34/h5-7,10-13,16,22,24-25H,8-9,14-15H2,1-4H3,(H,33,34)/t22-,24-,25-,28+/m1/s1. The van der Waals surface area contributed by atoms with Crippen molar-refractivity contribution < 1.29 is 32.2 Å². The summed E-state index contributed by atoms with van der Waals surface area (Å²) < 4.78 is 47.0. The normalized spacial score (nSPS) is 25.0. The van der Waals surface area contributed by atoms with Crippen molar-refractivity contribution >= 4 is 44.9 Å². The number of aliphatic carboxylic acids is 1. The first kappa shape index (κ1) is 29.8. The zero-order valence-corrected chi connectivity index (χ0v) is 24.5. The van der Waals surface area contributed by atoms with Crippen molar-refractivity contribution in [2.75, 3.05) is 5.75 Å². The van der Waals surface area contributed by atoms with Crippen LogP contribution in [0.4, 0.5) is 4.39 Å².